The van der Waals surface area contributed by atoms with Gasteiger partial charge in [0, 0.05) is 12.6 Å². The van der Waals surface area contributed by atoms with Crippen LogP contribution in [0.2, 0.25) is 5.02 Å². The van der Waals surface area contributed by atoms with Crippen molar-refractivity contribution in [3.63, 3.8) is 0 Å². The molecule has 0 bridgehead atoms. The van der Waals surface area contributed by atoms with Gasteiger partial charge in [0.05, 0.1) is 5.02 Å². The van der Waals surface area contributed by atoms with Gasteiger partial charge in [0.15, 0.2) is 11.6 Å². The van der Waals surface area contributed by atoms with Crippen LogP contribution >= 0.6 is 11.6 Å². The molecule has 1 fully saturated rings. The lowest BCUT2D eigenvalue weighted by Gasteiger charge is -2.24. The lowest BCUT2D eigenvalue weighted by Crippen LogP contribution is -2.43. The summed E-state index contributed by atoms with van der Waals surface area (Å²) in [5, 5.41) is 13.5. The summed E-state index contributed by atoms with van der Waals surface area (Å²) in [5.41, 5.74) is -1.05. The van der Waals surface area contributed by atoms with Crippen LogP contribution in [-0.2, 0) is 0 Å². The summed E-state index contributed by atoms with van der Waals surface area (Å²) in [6.45, 7) is 2.06. The van der Waals surface area contributed by atoms with Crippen molar-refractivity contribution in [1.29, 1.82) is 0 Å². The average Bonchev–Trinajstić information content (AvgIpc) is 3.09. The van der Waals surface area contributed by atoms with E-state index in [1.165, 1.54) is 12.1 Å². The molecule has 3 nitrogen and oxygen atoms in total. The second-order valence-corrected chi connectivity index (χ2v) is 5.40. The smallest absolute Gasteiger partial charge is 0.173 e. The minimum Gasteiger partial charge on any atom is -0.486 e. The van der Waals surface area contributed by atoms with Crippen molar-refractivity contribution < 1.29 is 14.2 Å². The number of nitrogens with one attached hydrogen (secondary N) is 1. The van der Waals surface area contributed by atoms with Gasteiger partial charge in [0.25, 0.3) is 0 Å². The molecule has 1 atom stereocenters. The van der Waals surface area contributed by atoms with Crippen molar-refractivity contribution in [2.45, 2.75) is 31.4 Å². The van der Waals surface area contributed by atoms with Crippen molar-refractivity contribution >= 4 is 11.6 Å². The highest BCUT2D eigenvalue weighted by molar-refractivity contribution is 6.32. The van der Waals surface area contributed by atoms with Gasteiger partial charge in [0.1, 0.15) is 12.2 Å². The monoisotopic (exact) mass is 273 g/mol. The molecule has 1 unspecified atom stereocenters. The number of halogens is 2. The maximum atomic E-state index is 13.4. The van der Waals surface area contributed by atoms with E-state index in [2.05, 4.69) is 5.32 Å². The number of hydrogen-bond acceptors (Lipinski definition) is 3. The Labute approximate surface area is 111 Å². The number of hydrogen-bond donors (Lipinski definition) is 2. The quantitative estimate of drug-likeness (QED) is 0.836. The predicted octanol–water partition coefficient (Wildman–Crippen LogP) is 2.36. The first kappa shape index (κ1) is 13.6. The fourth-order valence-electron chi connectivity index (χ4n) is 1.55. The average molecular weight is 274 g/mol. The number of para-hydroxylation sites is 1. The summed E-state index contributed by atoms with van der Waals surface area (Å²) in [6.07, 6.45) is 2.30. The van der Waals surface area contributed by atoms with Crippen LogP contribution in [0.15, 0.2) is 18.2 Å². The summed E-state index contributed by atoms with van der Waals surface area (Å²) in [4.78, 5) is 0. The molecule has 0 aliphatic heterocycles. The van der Waals surface area contributed by atoms with Gasteiger partial charge in [-0.15, -0.1) is 0 Å². The molecular formula is C13H17ClFNO2. The van der Waals surface area contributed by atoms with Crippen LogP contribution in [0, 0.1) is 5.82 Å². The SMILES string of the molecule is CC(O)(CNC1CC1)COc1c(F)cccc1Cl. The fourth-order valence-corrected chi connectivity index (χ4v) is 1.77. The topological polar surface area (TPSA) is 41.5 Å². The van der Waals surface area contributed by atoms with Crippen LogP contribution in [-0.4, -0.2) is 29.9 Å². The number of rotatable bonds is 6. The first-order valence-electron chi connectivity index (χ1n) is 6.00. The highest BCUT2D eigenvalue weighted by atomic mass is 35.5. The molecule has 2 rings (SSSR count). The van der Waals surface area contributed by atoms with Gasteiger partial charge in [-0.05, 0) is 31.9 Å². The maximum Gasteiger partial charge on any atom is 0.173 e. The number of aliphatic hydroxyl groups is 1. The van der Waals surface area contributed by atoms with E-state index >= 15 is 0 Å². The molecule has 1 aromatic rings. The third kappa shape index (κ3) is 3.83. The van der Waals surface area contributed by atoms with Gasteiger partial charge in [-0.2, -0.15) is 0 Å². The van der Waals surface area contributed by atoms with Gasteiger partial charge in [-0.3, -0.25) is 0 Å². The lowest BCUT2D eigenvalue weighted by molar-refractivity contribution is 0.0109. The van der Waals surface area contributed by atoms with Crippen LogP contribution in [0.25, 0.3) is 0 Å². The van der Waals surface area contributed by atoms with Crippen LogP contribution < -0.4 is 10.1 Å². The standard InChI is InChI=1S/C13H17ClFNO2/c1-13(17,7-16-9-5-6-9)8-18-12-10(14)3-2-4-11(12)15/h2-4,9,16-17H,5-8H2,1H3. The van der Waals surface area contributed by atoms with E-state index < -0.39 is 11.4 Å². The van der Waals surface area contributed by atoms with Crippen LogP contribution in [0.1, 0.15) is 19.8 Å². The first-order chi connectivity index (χ1) is 8.48. The Hall–Kier alpha value is -0.840. The molecular weight excluding hydrogens is 257 g/mol. The Kier molecular flexibility index (Phi) is 4.10. The Morgan fingerprint density at radius 3 is 2.89 bits per heavy atom. The Morgan fingerprint density at radius 2 is 2.28 bits per heavy atom. The molecule has 1 aromatic carbocycles. The van der Waals surface area contributed by atoms with Gasteiger partial charge >= 0.3 is 0 Å². The largest absolute Gasteiger partial charge is 0.486 e. The summed E-state index contributed by atoms with van der Waals surface area (Å²) in [7, 11) is 0. The fraction of sp³-hybridized carbons (Fsp3) is 0.538. The third-order valence-electron chi connectivity index (χ3n) is 2.80. The zero-order valence-electron chi connectivity index (χ0n) is 10.2. The molecule has 0 amide bonds. The summed E-state index contributed by atoms with van der Waals surface area (Å²) in [5.74, 6) is -0.528. The lowest BCUT2D eigenvalue weighted by atomic mass is 10.1. The zero-order chi connectivity index (χ0) is 13.2. The normalized spacial score (nSPS) is 18.4. The van der Waals surface area contributed by atoms with E-state index in [9.17, 15) is 9.50 Å². The van der Waals surface area contributed by atoms with Crippen molar-refractivity contribution in [3.8, 4) is 5.75 Å². The molecule has 1 aliphatic carbocycles. The highest BCUT2D eigenvalue weighted by Crippen LogP contribution is 2.28. The van der Waals surface area contributed by atoms with Gasteiger partial charge < -0.3 is 15.2 Å². The van der Waals surface area contributed by atoms with E-state index in [1.807, 2.05) is 0 Å². The Balaban J connectivity index is 1.88. The van der Waals surface area contributed by atoms with Crippen LogP contribution in [0.5, 0.6) is 5.75 Å². The van der Waals surface area contributed by atoms with E-state index in [-0.39, 0.29) is 17.4 Å². The molecule has 1 aliphatic rings. The minimum absolute atomic E-state index is 0.00657. The molecule has 0 saturated heterocycles. The molecule has 18 heavy (non-hydrogen) atoms. The minimum atomic E-state index is -1.05. The molecule has 1 saturated carbocycles. The van der Waals surface area contributed by atoms with Crippen molar-refractivity contribution in [1.82, 2.24) is 5.32 Å². The zero-order valence-corrected chi connectivity index (χ0v) is 11.0. The van der Waals surface area contributed by atoms with E-state index in [0.29, 0.717) is 12.6 Å². The molecule has 0 heterocycles. The molecule has 2 N–H and O–H groups in total. The number of ether oxygens (including phenoxy) is 1. The second-order valence-electron chi connectivity index (χ2n) is 4.99. The summed E-state index contributed by atoms with van der Waals surface area (Å²) >= 11 is 5.83. The van der Waals surface area contributed by atoms with Gasteiger partial charge in [-0.1, -0.05) is 17.7 Å². The van der Waals surface area contributed by atoms with Crippen LogP contribution in [0.4, 0.5) is 4.39 Å². The third-order valence-corrected chi connectivity index (χ3v) is 3.09. The van der Waals surface area contributed by atoms with Crippen molar-refractivity contribution in [2.24, 2.45) is 0 Å². The molecule has 5 heteroatoms. The first-order valence-corrected chi connectivity index (χ1v) is 6.38. The van der Waals surface area contributed by atoms with E-state index in [1.54, 1.807) is 13.0 Å². The number of benzene rings is 1. The van der Waals surface area contributed by atoms with Gasteiger partial charge in [-0.25, -0.2) is 4.39 Å². The van der Waals surface area contributed by atoms with Crippen molar-refractivity contribution in [2.75, 3.05) is 13.2 Å². The predicted molar refractivity (Wildman–Crippen MR) is 68.6 cm³/mol. The summed E-state index contributed by atoms with van der Waals surface area (Å²) < 4.78 is 18.7. The Morgan fingerprint density at radius 1 is 1.56 bits per heavy atom. The van der Waals surface area contributed by atoms with E-state index in [4.69, 9.17) is 16.3 Å². The van der Waals surface area contributed by atoms with Gasteiger partial charge in [0.2, 0.25) is 0 Å². The van der Waals surface area contributed by atoms with E-state index in [0.717, 1.165) is 12.8 Å². The molecule has 0 aromatic heterocycles. The maximum absolute atomic E-state index is 13.4. The highest BCUT2D eigenvalue weighted by Gasteiger charge is 2.27. The molecule has 100 valence electrons. The second kappa shape index (κ2) is 5.43. The molecule has 0 radical (unpaired) electrons. The molecule has 0 spiro atoms. The van der Waals surface area contributed by atoms with Crippen molar-refractivity contribution in [3.05, 3.63) is 29.0 Å². The summed E-state index contributed by atoms with van der Waals surface area (Å²) in [6, 6.07) is 4.85. The van der Waals surface area contributed by atoms with Crippen LogP contribution in [0.3, 0.4) is 0 Å². The Bertz CT molecular complexity index is 401.